The summed E-state index contributed by atoms with van der Waals surface area (Å²) in [5, 5.41) is 0. The summed E-state index contributed by atoms with van der Waals surface area (Å²) in [7, 11) is 0. The van der Waals surface area contributed by atoms with Crippen LogP contribution < -0.4 is 5.73 Å². The molecular weight excluding hydrogens is 237 g/mol. The molecule has 0 heterocycles. The standard InChI is InChI=1S/C9H11BrClN/c10-9-4-3-8(12)6-7(9)2-1-5-11/h3-4,6H,1-2,5,12H2. The van der Waals surface area contributed by atoms with Gasteiger partial charge in [-0.25, -0.2) is 0 Å². The third kappa shape index (κ3) is 2.68. The molecule has 0 saturated carbocycles. The highest BCUT2D eigenvalue weighted by Gasteiger charge is 1.99. The van der Waals surface area contributed by atoms with Gasteiger partial charge in [-0.05, 0) is 36.6 Å². The summed E-state index contributed by atoms with van der Waals surface area (Å²) in [6, 6.07) is 5.84. The van der Waals surface area contributed by atoms with Gasteiger partial charge < -0.3 is 5.73 Å². The van der Waals surface area contributed by atoms with Crippen molar-refractivity contribution in [2.24, 2.45) is 0 Å². The Morgan fingerprint density at radius 1 is 1.42 bits per heavy atom. The average Bonchev–Trinajstić information content (AvgIpc) is 2.07. The summed E-state index contributed by atoms with van der Waals surface area (Å²) >= 11 is 9.06. The van der Waals surface area contributed by atoms with Crippen LogP contribution in [0.4, 0.5) is 5.69 Å². The maximum absolute atomic E-state index is 5.65. The molecule has 2 N–H and O–H groups in total. The Labute approximate surface area is 86.0 Å². The number of halogens is 2. The van der Waals surface area contributed by atoms with Crippen LogP contribution in [0.5, 0.6) is 0 Å². The third-order valence-electron chi connectivity index (χ3n) is 1.65. The van der Waals surface area contributed by atoms with Crippen LogP contribution >= 0.6 is 27.5 Å². The Morgan fingerprint density at radius 2 is 2.17 bits per heavy atom. The van der Waals surface area contributed by atoms with E-state index in [1.807, 2.05) is 18.2 Å². The van der Waals surface area contributed by atoms with Crippen molar-refractivity contribution in [3.05, 3.63) is 28.2 Å². The molecule has 66 valence electrons. The van der Waals surface area contributed by atoms with Crippen LogP contribution in [0.15, 0.2) is 22.7 Å². The molecule has 0 bridgehead atoms. The molecule has 0 amide bonds. The Kier molecular flexibility index (Phi) is 3.89. The maximum Gasteiger partial charge on any atom is 0.0317 e. The molecule has 1 rings (SSSR count). The van der Waals surface area contributed by atoms with Gasteiger partial charge in [0.25, 0.3) is 0 Å². The zero-order valence-corrected chi connectivity index (χ0v) is 9.03. The second-order valence-electron chi connectivity index (χ2n) is 2.64. The average molecular weight is 249 g/mol. The van der Waals surface area contributed by atoms with Crippen LogP contribution in [0, 0.1) is 0 Å². The summed E-state index contributed by atoms with van der Waals surface area (Å²) in [4.78, 5) is 0. The quantitative estimate of drug-likeness (QED) is 0.645. The Bertz CT molecular complexity index is 263. The zero-order chi connectivity index (χ0) is 8.97. The van der Waals surface area contributed by atoms with Crippen LogP contribution in [0.25, 0.3) is 0 Å². The number of rotatable bonds is 3. The topological polar surface area (TPSA) is 26.0 Å². The van der Waals surface area contributed by atoms with Crippen molar-refractivity contribution in [2.75, 3.05) is 11.6 Å². The minimum Gasteiger partial charge on any atom is -0.399 e. The fraction of sp³-hybridized carbons (Fsp3) is 0.333. The van der Waals surface area contributed by atoms with Crippen molar-refractivity contribution in [1.82, 2.24) is 0 Å². The van der Waals surface area contributed by atoms with E-state index in [1.165, 1.54) is 5.56 Å². The van der Waals surface area contributed by atoms with Crippen molar-refractivity contribution in [2.45, 2.75) is 12.8 Å². The summed E-state index contributed by atoms with van der Waals surface area (Å²) < 4.78 is 1.11. The minimum atomic E-state index is 0.696. The molecule has 12 heavy (non-hydrogen) atoms. The number of aryl methyl sites for hydroxylation is 1. The Morgan fingerprint density at radius 3 is 2.83 bits per heavy atom. The van der Waals surface area contributed by atoms with Gasteiger partial charge in [0.1, 0.15) is 0 Å². The van der Waals surface area contributed by atoms with Gasteiger partial charge in [0, 0.05) is 16.0 Å². The van der Waals surface area contributed by atoms with Crippen molar-refractivity contribution in [1.29, 1.82) is 0 Å². The van der Waals surface area contributed by atoms with Crippen LogP contribution in [-0.4, -0.2) is 5.88 Å². The van der Waals surface area contributed by atoms with Crippen LogP contribution in [0.3, 0.4) is 0 Å². The molecular formula is C9H11BrClN. The SMILES string of the molecule is Nc1ccc(Br)c(CCCCl)c1. The molecule has 0 aliphatic carbocycles. The molecule has 0 fully saturated rings. The van der Waals surface area contributed by atoms with Crippen LogP contribution in [0.1, 0.15) is 12.0 Å². The molecule has 0 aromatic heterocycles. The Balaban J connectivity index is 2.75. The summed E-state index contributed by atoms with van der Waals surface area (Å²) in [5.41, 5.74) is 7.69. The Hall–Kier alpha value is -0.210. The number of anilines is 1. The van der Waals surface area contributed by atoms with Gasteiger partial charge in [-0.3, -0.25) is 0 Å². The smallest absolute Gasteiger partial charge is 0.0317 e. The summed E-state index contributed by atoms with van der Waals surface area (Å²) in [6.45, 7) is 0. The van der Waals surface area contributed by atoms with Crippen molar-refractivity contribution in [3.8, 4) is 0 Å². The lowest BCUT2D eigenvalue weighted by atomic mass is 10.1. The number of hydrogen-bond acceptors (Lipinski definition) is 1. The van der Waals surface area contributed by atoms with Crippen LogP contribution in [-0.2, 0) is 6.42 Å². The molecule has 3 heteroatoms. The highest BCUT2D eigenvalue weighted by atomic mass is 79.9. The summed E-state index contributed by atoms with van der Waals surface area (Å²) in [6.07, 6.45) is 1.97. The number of nitrogen functional groups attached to an aromatic ring is 1. The van der Waals surface area contributed by atoms with Gasteiger partial charge in [-0.2, -0.15) is 0 Å². The van der Waals surface area contributed by atoms with Gasteiger partial charge >= 0.3 is 0 Å². The zero-order valence-electron chi connectivity index (χ0n) is 6.69. The van der Waals surface area contributed by atoms with E-state index < -0.39 is 0 Å². The first-order chi connectivity index (χ1) is 5.74. The van der Waals surface area contributed by atoms with E-state index in [0.717, 1.165) is 23.0 Å². The second-order valence-corrected chi connectivity index (χ2v) is 3.88. The minimum absolute atomic E-state index is 0.696. The molecule has 1 aromatic carbocycles. The molecule has 0 aliphatic heterocycles. The van der Waals surface area contributed by atoms with Crippen LogP contribution in [0.2, 0.25) is 0 Å². The summed E-state index contributed by atoms with van der Waals surface area (Å²) in [5.74, 6) is 0.696. The van der Waals surface area contributed by atoms with Gasteiger partial charge in [-0.15, -0.1) is 11.6 Å². The third-order valence-corrected chi connectivity index (χ3v) is 2.69. The van der Waals surface area contributed by atoms with Gasteiger partial charge in [0.05, 0.1) is 0 Å². The number of nitrogens with two attached hydrogens (primary N) is 1. The number of benzene rings is 1. The van der Waals surface area contributed by atoms with E-state index in [0.29, 0.717) is 5.88 Å². The first kappa shape index (κ1) is 9.87. The largest absolute Gasteiger partial charge is 0.399 e. The van der Waals surface area contributed by atoms with Crippen molar-refractivity contribution in [3.63, 3.8) is 0 Å². The van der Waals surface area contributed by atoms with E-state index in [1.54, 1.807) is 0 Å². The van der Waals surface area contributed by atoms with Crippen molar-refractivity contribution < 1.29 is 0 Å². The van der Waals surface area contributed by atoms with Gasteiger partial charge in [0.15, 0.2) is 0 Å². The normalized spacial score (nSPS) is 10.2. The van der Waals surface area contributed by atoms with E-state index in [2.05, 4.69) is 15.9 Å². The molecule has 0 atom stereocenters. The number of hydrogen-bond donors (Lipinski definition) is 1. The first-order valence-electron chi connectivity index (χ1n) is 3.84. The first-order valence-corrected chi connectivity index (χ1v) is 5.16. The molecule has 0 unspecified atom stereocenters. The predicted molar refractivity (Wildman–Crippen MR) is 57.6 cm³/mol. The highest BCUT2D eigenvalue weighted by molar-refractivity contribution is 9.10. The van der Waals surface area contributed by atoms with Crippen molar-refractivity contribution >= 4 is 33.2 Å². The lowest BCUT2D eigenvalue weighted by Crippen LogP contribution is -1.91. The van der Waals surface area contributed by atoms with E-state index in [9.17, 15) is 0 Å². The lowest BCUT2D eigenvalue weighted by Gasteiger charge is -2.03. The molecule has 1 nitrogen and oxygen atoms in total. The molecule has 0 saturated heterocycles. The fourth-order valence-electron chi connectivity index (χ4n) is 1.04. The van der Waals surface area contributed by atoms with E-state index in [4.69, 9.17) is 17.3 Å². The lowest BCUT2D eigenvalue weighted by molar-refractivity contribution is 0.924. The molecule has 0 spiro atoms. The highest BCUT2D eigenvalue weighted by Crippen LogP contribution is 2.20. The van der Waals surface area contributed by atoms with Gasteiger partial charge in [-0.1, -0.05) is 15.9 Å². The second kappa shape index (κ2) is 4.73. The maximum atomic E-state index is 5.65. The molecule has 0 radical (unpaired) electrons. The number of alkyl halides is 1. The van der Waals surface area contributed by atoms with E-state index in [-0.39, 0.29) is 0 Å². The molecule has 0 aliphatic rings. The molecule has 1 aromatic rings. The van der Waals surface area contributed by atoms with Gasteiger partial charge in [0.2, 0.25) is 0 Å². The predicted octanol–water partition coefficient (Wildman–Crippen LogP) is 3.20. The fourth-order valence-corrected chi connectivity index (χ4v) is 1.62. The van der Waals surface area contributed by atoms with E-state index >= 15 is 0 Å². The monoisotopic (exact) mass is 247 g/mol.